The van der Waals surface area contributed by atoms with E-state index >= 15 is 0 Å². The summed E-state index contributed by atoms with van der Waals surface area (Å²) in [5.74, 6) is 0. The van der Waals surface area contributed by atoms with Crippen molar-refractivity contribution >= 4 is 17.1 Å². The third-order valence-corrected chi connectivity index (χ3v) is 10.4. The van der Waals surface area contributed by atoms with Crippen molar-refractivity contribution < 1.29 is 17.7 Å². The number of hydrogen-bond acceptors (Lipinski definition) is 4. The van der Waals surface area contributed by atoms with Crippen LogP contribution in [0.3, 0.4) is 0 Å². The first-order valence-corrected chi connectivity index (χ1v) is 8.75. The molecule has 0 aliphatic rings. The van der Waals surface area contributed by atoms with Crippen LogP contribution in [0.25, 0.3) is 0 Å². The molecule has 4 nitrogen and oxygen atoms in total. The van der Waals surface area contributed by atoms with Crippen LogP contribution in [0.1, 0.15) is 0 Å². The van der Waals surface area contributed by atoms with Gasteiger partial charge in [0.1, 0.15) is 0 Å². The second-order valence-corrected chi connectivity index (χ2v) is 10.1. The lowest BCUT2D eigenvalue weighted by Crippen LogP contribution is -2.51. The zero-order valence-corrected chi connectivity index (χ0v) is 11.9. The van der Waals surface area contributed by atoms with Crippen molar-refractivity contribution in [2.45, 2.75) is 5.67 Å². The summed E-state index contributed by atoms with van der Waals surface area (Å²) >= 11 is 0. The summed E-state index contributed by atoms with van der Waals surface area (Å²) in [5.41, 5.74) is 4.06. The van der Waals surface area contributed by atoms with Crippen LogP contribution in [0.2, 0.25) is 5.67 Å². The van der Waals surface area contributed by atoms with Gasteiger partial charge >= 0.3 is 17.1 Å². The van der Waals surface area contributed by atoms with E-state index in [1.807, 2.05) is 0 Å². The molecule has 0 saturated heterocycles. The predicted molar refractivity (Wildman–Crippen MR) is 64.7 cm³/mol. The molecule has 0 fully saturated rings. The van der Waals surface area contributed by atoms with E-state index in [-0.39, 0.29) is 0 Å². The minimum atomic E-state index is -2.41. The first kappa shape index (κ1) is 14.8. The Kier molecular flexibility index (Phi) is 6.26. The van der Waals surface area contributed by atoms with E-state index in [0.29, 0.717) is 5.67 Å². The molecule has 6 heteroatoms. The van der Waals surface area contributed by atoms with Gasteiger partial charge in [0.05, 0.1) is 0 Å². The Hall–Kier alpha value is -0.246. The van der Waals surface area contributed by atoms with Gasteiger partial charge in [-0.15, -0.1) is 13.2 Å². The molecular weight excluding hydrogens is 228 g/mol. The highest BCUT2D eigenvalue weighted by atomic mass is 28.4. The molecule has 0 bridgehead atoms. The average molecular weight is 248 g/mol. The van der Waals surface area contributed by atoms with Crippen LogP contribution in [0, 0.1) is 0 Å². The maximum atomic E-state index is 5.42. The zero-order chi connectivity index (χ0) is 11.9. The van der Waals surface area contributed by atoms with Crippen LogP contribution in [0.4, 0.5) is 0 Å². The minimum absolute atomic E-state index is 0.590. The van der Waals surface area contributed by atoms with Gasteiger partial charge in [-0.25, -0.2) is 0 Å². The highest BCUT2D eigenvalue weighted by Crippen LogP contribution is 2.23. The van der Waals surface area contributed by atoms with Gasteiger partial charge < -0.3 is 17.7 Å². The Morgan fingerprint density at radius 3 is 1.20 bits per heavy atom. The van der Waals surface area contributed by atoms with Crippen molar-refractivity contribution in [2.24, 2.45) is 0 Å². The average Bonchev–Trinajstić information content (AvgIpc) is 2.33. The van der Waals surface area contributed by atoms with E-state index in [4.69, 9.17) is 17.7 Å². The highest BCUT2D eigenvalue weighted by molar-refractivity contribution is 6.90. The molecule has 0 N–H and O–H groups in total. The van der Waals surface area contributed by atoms with Crippen molar-refractivity contribution in [3.05, 3.63) is 24.6 Å². The summed E-state index contributed by atoms with van der Waals surface area (Å²) in [6, 6.07) is 0. The van der Waals surface area contributed by atoms with Crippen molar-refractivity contribution in [3.63, 3.8) is 0 Å². The molecular formula is C9H20O4Si2. The lowest BCUT2D eigenvalue weighted by atomic mass is 11.3. The van der Waals surface area contributed by atoms with E-state index in [2.05, 4.69) is 13.2 Å². The van der Waals surface area contributed by atoms with Gasteiger partial charge in [-0.1, -0.05) is 0 Å². The van der Waals surface area contributed by atoms with Crippen molar-refractivity contribution in [3.8, 4) is 0 Å². The monoisotopic (exact) mass is 248 g/mol. The Labute approximate surface area is 94.0 Å². The second-order valence-electron chi connectivity index (χ2n) is 3.03. The second kappa shape index (κ2) is 6.36. The molecule has 0 aliphatic carbocycles. The van der Waals surface area contributed by atoms with Crippen LogP contribution in [0.5, 0.6) is 0 Å². The zero-order valence-electron chi connectivity index (χ0n) is 9.91. The molecule has 0 aromatic carbocycles. The van der Waals surface area contributed by atoms with E-state index < -0.39 is 17.1 Å². The Bertz CT molecular complexity index is 190. The highest BCUT2D eigenvalue weighted by Gasteiger charge is 2.46. The number of hydrogen-bond donors (Lipinski definition) is 0. The summed E-state index contributed by atoms with van der Waals surface area (Å²) in [6.45, 7) is 7.50. The number of rotatable bonds is 8. The summed E-state index contributed by atoms with van der Waals surface area (Å²) in [5, 5.41) is 0. The normalized spacial score (nSPS) is 12.5. The Morgan fingerprint density at radius 2 is 1.07 bits per heavy atom. The van der Waals surface area contributed by atoms with Gasteiger partial charge in [0.15, 0.2) is 0 Å². The first-order valence-electron chi connectivity index (χ1n) is 4.55. The molecule has 0 radical (unpaired) electrons. The van der Waals surface area contributed by atoms with Crippen LogP contribution in [0.15, 0.2) is 24.6 Å². The lowest BCUT2D eigenvalue weighted by molar-refractivity contribution is 0.234. The third-order valence-electron chi connectivity index (χ3n) is 2.50. The molecule has 15 heavy (non-hydrogen) atoms. The van der Waals surface area contributed by atoms with E-state index in [0.717, 1.165) is 0 Å². The van der Waals surface area contributed by atoms with Gasteiger partial charge in [0.2, 0.25) is 0 Å². The minimum Gasteiger partial charge on any atom is -0.395 e. The SMILES string of the molecule is C=C[Si](C[Si](C=C)(OC)OC)(OC)OC. The van der Waals surface area contributed by atoms with Gasteiger partial charge in [-0.2, -0.15) is 0 Å². The standard InChI is InChI=1S/C9H20O4Si2/c1-7-14(10-3,11-4)9-15(8-2,12-5)13-6/h7-8H,1-2,9H2,3-6H3. The molecule has 88 valence electrons. The fourth-order valence-electron chi connectivity index (χ4n) is 1.28. The first-order chi connectivity index (χ1) is 7.07. The molecule has 0 unspecified atom stereocenters. The molecule has 0 atom stereocenters. The van der Waals surface area contributed by atoms with E-state index in [1.54, 1.807) is 39.8 Å². The van der Waals surface area contributed by atoms with Crippen molar-refractivity contribution in [1.29, 1.82) is 0 Å². The molecule has 0 aromatic heterocycles. The summed E-state index contributed by atoms with van der Waals surface area (Å²) in [6.07, 6.45) is 0. The summed E-state index contributed by atoms with van der Waals surface area (Å²) in [7, 11) is 1.64. The van der Waals surface area contributed by atoms with E-state index in [1.165, 1.54) is 0 Å². The molecule has 0 aliphatic heterocycles. The van der Waals surface area contributed by atoms with Gasteiger partial charge in [-0.3, -0.25) is 0 Å². The lowest BCUT2D eigenvalue weighted by Gasteiger charge is -2.31. The van der Waals surface area contributed by atoms with Crippen LogP contribution >= 0.6 is 0 Å². The maximum Gasteiger partial charge on any atom is 0.366 e. The Balaban J connectivity index is 4.90. The van der Waals surface area contributed by atoms with Crippen molar-refractivity contribution in [2.75, 3.05) is 28.4 Å². The fraction of sp³-hybridized carbons (Fsp3) is 0.556. The molecule has 0 amide bonds. The van der Waals surface area contributed by atoms with Gasteiger partial charge in [0, 0.05) is 34.1 Å². The molecule has 0 spiro atoms. The van der Waals surface area contributed by atoms with E-state index in [9.17, 15) is 0 Å². The predicted octanol–water partition coefficient (Wildman–Crippen LogP) is 1.45. The Morgan fingerprint density at radius 1 is 0.800 bits per heavy atom. The van der Waals surface area contributed by atoms with Crippen LogP contribution in [-0.4, -0.2) is 45.6 Å². The fourth-order valence-corrected chi connectivity index (χ4v) is 8.49. The molecule has 0 rings (SSSR count). The topological polar surface area (TPSA) is 36.9 Å². The smallest absolute Gasteiger partial charge is 0.366 e. The van der Waals surface area contributed by atoms with Crippen LogP contribution < -0.4 is 0 Å². The third kappa shape index (κ3) is 3.37. The van der Waals surface area contributed by atoms with Crippen LogP contribution in [-0.2, 0) is 17.7 Å². The maximum absolute atomic E-state index is 5.42. The quantitative estimate of drug-likeness (QED) is 0.609. The molecule has 0 aromatic rings. The van der Waals surface area contributed by atoms with Crippen molar-refractivity contribution in [1.82, 2.24) is 0 Å². The largest absolute Gasteiger partial charge is 0.395 e. The summed E-state index contributed by atoms with van der Waals surface area (Å²) in [4.78, 5) is 0. The molecule has 0 saturated carbocycles. The van der Waals surface area contributed by atoms with Gasteiger partial charge in [0.25, 0.3) is 0 Å². The summed E-state index contributed by atoms with van der Waals surface area (Å²) < 4.78 is 21.7. The van der Waals surface area contributed by atoms with Gasteiger partial charge in [-0.05, 0) is 11.4 Å². The molecule has 0 heterocycles.